The lowest BCUT2D eigenvalue weighted by molar-refractivity contribution is -0.142. The van der Waals surface area contributed by atoms with Gasteiger partial charge < -0.3 is 10.1 Å². The van der Waals surface area contributed by atoms with E-state index in [9.17, 15) is 4.79 Å². The Balaban J connectivity index is 1.67. The highest BCUT2D eigenvalue weighted by Gasteiger charge is 2.17. The molecule has 0 spiro atoms. The van der Waals surface area contributed by atoms with Crippen molar-refractivity contribution >= 4 is 22.4 Å². The van der Waals surface area contributed by atoms with Gasteiger partial charge in [-0.05, 0) is 25.2 Å². The Kier molecular flexibility index (Phi) is 6.49. The normalized spacial score (nSPS) is 22.0. The Morgan fingerprint density at radius 1 is 1.43 bits per heavy atom. The van der Waals surface area contributed by atoms with Crippen molar-refractivity contribution in [2.75, 3.05) is 18.5 Å². The van der Waals surface area contributed by atoms with Crippen LogP contribution in [0.2, 0.25) is 0 Å². The summed E-state index contributed by atoms with van der Waals surface area (Å²) >= 11 is 1.57. The maximum Gasteiger partial charge on any atom is 0.311 e. The number of carbonyl (C=O) groups excluding carboxylic acids is 1. The topological polar surface area (TPSA) is 51.2 Å². The lowest BCUT2D eigenvalue weighted by atomic mass is 9.81. The molecule has 0 saturated heterocycles. The van der Waals surface area contributed by atoms with Crippen LogP contribution in [0.25, 0.3) is 0 Å². The van der Waals surface area contributed by atoms with Gasteiger partial charge in [0.1, 0.15) is 0 Å². The number of rotatable bonds is 7. The van der Waals surface area contributed by atoms with Crippen molar-refractivity contribution in [1.82, 2.24) is 4.98 Å². The first-order valence-corrected chi connectivity index (χ1v) is 8.89. The van der Waals surface area contributed by atoms with Gasteiger partial charge >= 0.3 is 5.97 Å². The number of thiazole rings is 1. The first kappa shape index (κ1) is 16.3. The minimum atomic E-state index is -0.203. The molecule has 0 aliphatic heterocycles. The maximum atomic E-state index is 11.4. The fourth-order valence-electron chi connectivity index (χ4n) is 2.83. The van der Waals surface area contributed by atoms with Gasteiger partial charge in [0.15, 0.2) is 5.13 Å². The van der Waals surface area contributed by atoms with Gasteiger partial charge in [0.05, 0.1) is 18.7 Å². The van der Waals surface area contributed by atoms with Crippen molar-refractivity contribution < 1.29 is 9.53 Å². The SMILES string of the molecule is CCOC(=O)Cc1csc(NCCC2CCC(C)CC2)n1. The summed E-state index contributed by atoms with van der Waals surface area (Å²) in [6.45, 7) is 5.58. The van der Waals surface area contributed by atoms with Crippen LogP contribution in [-0.2, 0) is 16.0 Å². The fraction of sp³-hybridized carbons (Fsp3) is 0.750. The van der Waals surface area contributed by atoms with Crippen molar-refractivity contribution in [2.45, 2.75) is 52.4 Å². The Labute approximate surface area is 131 Å². The van der Waals surface area contributed by atoms with E-state index in [-0.39, 0.29) is 12.4 Å². The number of anilines is 1. The molecule has 0 unspecified atom stereocenters. The zero-order valence-corrected chi connectivity index (χ0v) is 13.9. The lowest BCUT2D eigenvalue weighted by Gasteiger charge is -2.26. The smallest absolute Gasteiger partial charge is 0.311 e. The second-order valence-corrected chi connectivity index (χ2v) is 6.83. The number of hydrogen-bond acceptors (Lipinski definition) is 5. The molecule has 0 amide bonds. The van der Waals surface area contributed by atoms with Gasteiger partial charge in [-0.2, -0.15) is 0 Å². The third-order valence-electron chi connectivity index (χ3n) is 4.15. The molecule has 4 nitrogen and oxygen atoms in total. The summed E-state index contributed by atoms with van der Waals surface area (Å²) in [7, 11) is 0. The molecule has 1 aliphatic rings. The van der Waals surface area contributed by atoms with Crippen molar-refractivity contribution in [3.8, 4) is 0 Å². The third-order valence-corrected chi connectivity index (χ3v) is 5.00. The number of nitrogens with zero attached hydrogens (tertiary/aromatic N) is 1. The summed E-state index contributed by atoms with van der Waals surface area (Å²) in [6, 6.07) is 0. The van der Waals surface area contributed by atoms with Crippen LogP contribution in [0.4, 0.5) is 5.13 Å². The van der Waals surface area contributed by atoms with Crippen molar-refractivity contribution in [2.24, 2.45) is 11.8 Å². The molecule has 1 aromatic heterocycles. The Bertz CT molecular complexity index is 439. The van der Waals surface area contributed by atoms with Gasteiger partial charge in [-0.15, -0.1) is 11.3 Å². The second kappa shape index (κ2) is 8.37. The van der Waals surface area contributed by atoms with Gasteiger partial charge in [-0.1, -0.05) is 32.6 Å². The molecule has 1 N–H and O–H groups in total. The molecule has 0 radical (unpaired) electrons. The predicted molar refractivity (Wildman–Crippen MR) is 86.7 cm³/mol. The van der Waals surface area contributed by atoms with E-state index in [2.05, 4.69) is 17.2 Å². The van der Waals surface area contributed by atoms with Gasteiger partial charge in [-0.25, -0.2) is 4.98 Å². The zero-order chi connectivity index (χ0) is 15.1. The van der Waals surface area contributed by atoms with E-state index in [0.29, 0.717) is 6.61 Å². The van der Waals surface area contributed by atoms with E-state index in [1.807, 2.05) is 12.3 Å². The van der Waals surface area contributed by atoms with Gasteiger partial charge in [0, 0.05) is 11.9 Å². The second-order valence-electron chi connectivity index (χ2n) is 5.97. The summed E-state index contributed by atoms with van der Waals surface area (Å²) in [5.41, 5.74) is 0.799. The quantitative estimate of drug-likeness (QED) is 0.777. The number of ether oxygens (including phenoxy) is 1. The summed E-state index contributed by atoms with van der Waals surface area (Å²) in [5, 5.41) is 6.23. The third kappa shape index (κ3) is 5.65. The van der Waals surface area contributed by atoms with Crippen LogP contribution in [0, 0.1) is 11.8 Å². The number of carbonyl (C=O) groups is 1. The van der Waals surface area contributed by atoms with Crippen molar-refractivity contribution in [3.63, 3.8) is 0 Å². The Hall–Kier alpha value is -1.10. The van der Waals surface area contributed by atoms with Crippen LogP contribution in [-0.4, -0.2) is 24.1 Å². The average molecular weight is 310 g/mol. The number of aromatic nitrogens is 1. The monoisotopic (exact) mass is 310 g/mol. The molecule has 1 aliphatic carbocycles. The van der Waals surface area contributed by atoms with Gasteiger partial charge in [-0.3, -0.25) is 4.79 Å². The molecule has 0 atom stereocenters. The largest absolute Gasteiger partial charge is 0.466 e. The molecule has 1 saturated carbocycles. The lowest BCUT2D eigenvalue weighted by Crippen LogP contribution is -2.15. The number of esters is 1. The fourth-order valence-corrected chi connectivity index (χ4v) is 3.57. The first-order chi connectivity index (χ1) is 10.2. The van der Waals surface area contributed by atoms with Crippen molar-refractivity contribution in [3.05, 3.63) is 11.1 Å². The predicted octanol–water partition coefficient (Wildman–Crippen LogP) is 3.88. The van der Waals surface area contributed by atoms with Crippen LogP contribution in [0.15, 0.2) is 5.38 Å². The molecule has 1 fully saturated rings. The summed E-state index contributed by atoms with van der Waals surface area (Å²) in [6.07, 6.45) is 6.99. The minimum absolute atomic E-state index is 0.203. The summed E-state index contributed by atoms with van der Waals surface area (Å²) < 4.78 is 4.93. The Morgan fingerprint density at radius 2 is 2.19 bits per heavy atom. The minimum Gasteiger partial charge on any atom is -0.466 e. The molecule has 21 heavy (non-hydrogen) atoms. The molecule has 1 aromatic rings. The highest BCUT2D eigenvalue weighted by atomic mass is 32.1. The van der Waals surface area contributed by atoms with Crippen LogP contribution in [0.5, 0.6) is 0 Å². The van der Waals surface area contributed by atoms with Gasteiger partial charge in [0.25, 0.3) is 0 Å². The first-order valence-electron chi connectivity index (χ1n) is 8.01. The molecule has 118 valence electrons. The summed E-state index contributed by atoms with van der Waals surface area (Å²) in [4.78, 5) is 15.8. The van der Waals surface area contributed by atoms with E-state index in [1.165, 1.54) is 32.1 Å². The van der Waals surface area contributed by atoms with Crippen molar-refractivity contribution in [1.29, 1.82) is 0 Å². The molecule has 5 heteroatoms. The van der Waals surface area contributed by atoms with E-state index in [0.717, 1.165) is 29.2 Å². The Morgan fingerprint density at radius 3 is 2.90 bits per heavy atom. The van der Waals surface area contributed by atoms with Crippen LogP contribution < -0.4 is 5.32 Å². The maximum absolute atomic E-state index is 11.4. The number of hydrogen-bond donors (Lipinski definition) is 1. The van der Waals surface area contributed by atoms with Crippen LogP contribution >= 0.6 is 11.3 Å². The van der Waals surface area contributed by atoms with E-state index in [1.54, 1.807) is 11.3 Å². The summed E-state index contributed by atoms with van der Waals surface area (Å²) in [5.74, 6) is 1.58. The van der Waals surface area contributed by atoms with Crippen LogP contribution in [0.1, 0.15) is 51.6 Å². The molecule has 1 heterocycles. The van der Waals surface area contributed by atoms with E-state index < -0.39 is 0 Å². The standard InChI is InChI=1S/C16H26N2O2S/c1-3-20-15(19)10-14-11-21-16(18-14)17-9-8-13-6-4-12(2)5-7-13/h11-13H,3-10H2,1-2H3,(H,17,18). The van der Waals surface area contributed by atoms with Crippen LogP contribution in [0.3, 0.4) is 0 Å². The molecule has 0 aromatic carbocycles. The number of nitrogens with one attached hydrogen (secondary N) is 1. The highest BCUT2D eigenvalue weighted by molar-refractivity contribution is 7.13. The zero-order valence-electron chi connectivity index (χ0n) is 13.1. The molecule has 2 rings (SSSR count). The highest BCUT2D eigenvalue weighted by Crippen LogP contribution is 2.30. The van der Waals surface area contributed by atoms with E-state index >= 15 is 0 Å². The molecule has 0 bridgehead atoms. The molecular weight excluding hydrogens is 284 g/mol. The average Bonchev–Trinajstić information content (AvgIpc) is 2.89. The van der Waals surface area contributed by atoms with E-state index in [4.69, 9.17) is 4.74 Å². The van der Waals surface area contributed by atoms with Gasteiger partial charge in [0.2, 0.25) is 0 Å². The molecular formula is C16H26N2O2S.